The fraction of sp³-hybridized carbons (Fsp3) is 0.500. The number of benzene rings is 1. The predicted octanol–water partition coefficient (Wildman–Crippen LogP) is 3.17. The second kappa shape index (κ2) is 7.53. The summed E-state index contributed by atoms with van der Waals surface area (Å²) < 4.78 is 0. The van der Waals surface area contributed by atoms with Crippen LogP contribution in [0.1, 0.15) is 32.3 Å². The summed E-state index contributed by atoms with van der Waals surface area (Å²) in [6, 6.07) is 10.4. The van der Waals surface area contributed by atoms with E-state index in [0.29, 0.717) is 0 Å². The SMILES string of the molecule is CCC(CC)(CO)CNCCc1cccc2cccnc12. The topological polar surface area (TPSA) is 45.1 Å². The van der Waals surface area contributed by atoms with Gasteiger partial charge in [-0.1, -0.05) is 38.1 Å². The maximum atomic E-state index is 9.58. The van der Waals surface area contributed by atoms with Gasteiger partial charge in [-0.05, 0) is 37.4 Å². The lowest BCUT2D eigenvalue weighted by atomic mass is 9.83. The van der Waals surface area contributed by atoms with Gasteiger partial charge in [0.25, 0.3) is 0 Å². The molecule has 0 saturated heterocycles. The molecule has 0 amide bonds. The number of para-hydroxylation sites is 1. The Bertz CT molecular complexity index is 550. The van der Waals surface area contributed by atoms with Crippen molar-refractivity contribution in [3.05, 3.63) is 42.1 Å². The highest BCUT2D eigenvalue weighted by Gasteiger charge is 2.24. The van der Waals surface area contributed by atoms with Crippen LogP contribution < -0.4 is 5.32 Å². The van der Waals surface area contributed by atoms with Gasteiger partial charge in [0, 0.05) is 30.1 Å². The lowest BCUT2D eigenvalue weighted by molar-refractivity contribution is 0.113. The molecule has 0 aliphatic carbocycles. The lowest BCUT2D eigenvalue weighted by Gasteiger charge is -2.29. The molecule has 0 radical (unpaired) electrons. The van der Waals surface area contributed by atoms with Gasteiger partial charge in [-0.2, -0.15) is 0 Å². The zero-order valence-corrected chi connectivity index (χ0v) is 13.1. The van der Waals surface area contributed by atoms with Crippen molar-refractivity contribution >= 4 is 10.9 Å². The summed E-state index contributed by atoms with van der Waals surface area (Å²) in [6.45, 7) is 6.33. The van der Waals surface area contributed by atoms with Crippen LogP contribution in [-0.4, -0.2) is 29.8 Å². The summed E-state index contributed by atoms with van der Waals surface area (Å²) in [5.74, 6) is 0. The molecule has 1 heterocycles. The largest absolute Gasteiger partial charge is 0.396 e. The van der Waals surface area contributed by atoms with Crippen LogP contribution in [0.3, 0.4) is 0 Å². The van der Waals surface area contributed by atoms with Crippen LogP contribution in [0.5, 0.6) is 0 Å². The molecule has 0 aliphatic heterocycles. The standard InChI is InChI=1S/C18H26N2O/c1-3-18(4-2,14-21)13-19-12-10-16-8-5-7-15-9-6-11-20-17(15)16/h5-9,11,19,21H,3-4,10,12-14H2,1-2H3. The Kier molecular flexibility index (Phi) is 5.71. The Hall–Kier alpha value is -1.45. The second-order valence-electron chi connectivity index (χ2n) is 5.78. The van der Waals surface area contributed by atoms with Gasteiger partial charge < -0.3 is 10.4 Å². The molecular formula is C18H26N2O. The first-order valence-corrected chi connectivity index (χ1v) is 7.89. The molecule has 0 spiro atoms. The fourth-order valence-corrected chi connectivity index (χ4v) is 2.73. The molecule has 0 saturated carbocycles. The number of fused-ring (bicyclic) bond motifs is 1. The Balaban J connectivity index is 1.94. The molecule has 0 aliphatic rings. The fourth-order valence-electron chi connectivity index (χ4n) is 2.73. The number of nitrogens with one attached hydrogen (secondary N) is 1. The van der Waals surface area contributed by atoms with Crippen molar-refractivity contribution < 1.29 is 5.11 Å². The highest BCUT2D eigenvalue weighted by Crippen LogP contribution is 2.24. The molecule has 3 nitrogen and oxygen atoms in total. The quantitative estimate of drug-likeness (QED) is 0.733. The third-order valence-corrected chi connectivity index (χ3v) is 4.62. The summed E-state index contributed by atoms with van der Waals surface area (Å²) >= 11 is 0. The number of aliphatic hydroxyl groups excluding tert-OH is 1. The summed E-state index contributed by atoms with van der Waals surface area (Å²) in [5, 5.41) is 14.3. The van der Waals surface area contributed by atoms with Crippen molar-refractivity contribution in [2.45, 2.75) is 33.1 Å². The zero-order chi connectivity index (χ0) is 15.1. The summed E-state index contributed by atoms with van der Waals surface area (Å²) in [5.41, 5.74) is 2.40. The molecule has 21 heavy (non-hydrogen) atoms. The van der Waals surface area contributed by atoms with Gasteiger partial charge in [0.15, 0.2) is 0 Å². The number of hydrogen-bond acceptors (Lipinski definition) is 3. The molecule has 0 unspecified atom stereocenters. The van der Waals surface area contributed by atoms with Gasteiger partial charge >= 0.3 is 0 Å². The number of aliphatic hydroxyl groups is 1. The molecule has 2 N–H and O–H groups in total. The minimum absolute atomic E-state index is 0.0248. The van der Waals surface area contributed by atoms with Crippen LogP contribution in [-0.2, 0) is 6.42 Å². The number of aromatic nitrogens is 1. The molecule has 2 aromatic rings. The molecule has 0 fully saturated rings. The number of nitrogens with zero attached hydrogens (tertiary/aromatic N) is 1. The third kappa shape index (κ3) is 3.80. The monoisotopic (exact) mass is 286 g/mol. The number of pyridine rings is 1. The first-order valence-electron chi connectivity index (χ1n) is 7.89. The van der Waals surface area contributed by atoms with Gasteiger partial charge in [0.1, 0.15) is 0 Å². The average Bonchev–Trinajstić information content (AvgIpc) is 2.56. The summed E-state index contributed by atoms with van der Waals surface area (Å²) in [6.07, 6.45) is 4.82. The maximum absolute atomic E-state index is 9.58. The first kappa shape index (κ1) is 15.9. The van der Waals surface area contributed by atoms with Gasteiger partial charge in [0.05, 0.1) is 5.52 Å². The maximum Gasteiger partial charge on any atom is 0.0734 e. The van der Waals surface area contributed by atoms with Crippen molar-refractivity contribution in [1.29, 1.82) is 0 Å². The van der Waals surface area contributed by atoms with Crippen molar-refractivity contribution in [3.8, 4) is 0 Å². The van der Waals surface area contributed by atoms with Crippen LogP contribution >= 0.6 is 0 Å². The average molecular weight is 286 g/mol. The van der Waals surface area contributed by atoms with Gasteiger partial charge in [-0.25, -0.2) is 0 Å². The molecule has 1 aromatic heterocycles. The molecule has 114 valence electrons. The van der Waals surface area contributed by atoms with E-state index in [-0.39, 0.29) is 12.0 Å². The van der Waals surface area contributed by atoms with E-state index in [1.54, 1.807) is 0 Å². The Labute approximate surface area is 127 Å². The molecule has 2 rings (SSSR count). The molecule has 1 aromatic carbocycles. The van der Waals surface area contributed by atoms with E-state index in [2.05, 4.69) is 48.4 Å². The smallest absolute Gasteiger partial charge is 0.0734 e. The van der Waals surface area contributed by atoms with Crippen LogP contribution in [0.15, 0.2) is 36.5 Å². The van der Waals surface area contributed by atoms with E-state index in [9.17, 15) is 5.11 Å². The minimum atomic E-state index is 0.0248. The van der Waals surface area contributed by atoms with E-state index in [4.69, 9.17) is 0 Å². The van der Waals surface area contributed by atoms with Gasteiger partial charge in [-0.3, -0.25) is 4.98 Å². The van der Waals surface area contributed by atoms with Crippen LogP contribution in [0.4, 0.5) is 0 Å². The molecule has 0 atom stereocenters. The first-order chi connectivity index (χ1) is 10.2. The molecular weight excluding hydrogens is 260 g/mol. The van der Waals surface area contributed by atoms with Crippen LogP contribution in [0.25, 0.3) is 10.9 Å². The minimum Gasteiger partial charge on any atom is -0.396 e. The van der Waals surface area contributed by atoms with E-state index in [0.717, 1.165) is 37.9 Å². The van der Waals surface area contributed by atoms with Gasteiger partial charge in [0.2, 0.25) is 0 Å². The summed E-state index contributed by atoms with van der Waals surface area (Å²) in [4.78, 5) is 4.49. The van der Waals surface area contributed by atoms with E-state index < -0.39 is 0 Å². The van der Waals surface area contributed by atoms with Crippen LogP contribution in [0.2, 0.25) is 0 Å². The highest BCUT2D eigenvalue weighted by molar-refractivity contribution is 5.81. The highest BCUT2D eigenvalue weighted by atomic mass is 16.3. The lowest BCUT2D eigenvalue weighted by Crippen LogP contribution is -2.37. The van der Waals surface area contributed by atoms with Crippen LogP contribution in [0, 0.1) is 5.41 Å². The van der Waals surface area contributed by atoms with E-state index in [1.807, 2.05) is 12.3 Å². The third-order valence-electron chi connectivity index (χ3n) is 4.62. The summed E-state index contributed by atoms with van der Waals surface area (Å²) in [7, 11) is 0. The number of hydrogen-bond donors (Lipinski definition) is 2. The van der Waals surface area contributed by atoms with Crippen molar-refractivity contribution in [2.75, 3.05) is 19.7 Å². The molecule has 3 heteroatoms. The van der Waals surface area contributed by atoms with E-state index in [1.165, 1.54) is 10.9 Å². The Morgan fingerprint density at radius 3 is 2.62 bits per heavy atom. The van der Waals surface area contributed by atoms with Crippen molar-refractivity contribution in [1.82, 2.24) is 10.3 Å². The normalized spacial score (nSPS) is 12.0. The van der Waals surface area contributed by atoms with Crippen molar-refractivity contribution in [2.24, 2.45) is 5.41 Å². The number of rotatable bonds is 8. The second-order valence-corrected chi connectivity index (χ2v) is 5.78. The van der Waals surface area contributed by atoms with E-state index >= 15 is 0 Å². The Morgan fingerprint density at radius 2 is 1.90 bits per heavy atom. The van der Waals surface area contributed by atoms with Gasteiger partial charge in [-0.15, -0.1) is 0 Å². The predicted molar refractivity (Wildman–Crippen MR) is 88.4 cm³/mol. The Morgan fingerprint density at radius 1 is 1.14 bits per heavy atom. The zero-order valence-electron chi connectivity index (χ0n) is 13.1. The van der Waals surface area contributed by atoms with Crippen molar-refractivity contribution in [3.63, 3.8) is 0 Å². The molecule has 0 bridgehead atoms.